The Balaban J connectivity index is 0. The molecule has 0 heterocycles. The average molecular weight is 285 g/mol. The van der Waals surface area contributed by atoms with Crippen molar-refractivity contribution in [1.29, 1.82) is 0 Å². The molecule has 0 saturated heterocycles. The molecule has 124 valence electrons. The normalized spacial score (nSPS) is 14.8. The molecule has 1 aliphatic rings. The van der Waals surface area contributed by atoms with Crippen LogP contribution in [0.25, 0.3) is 0 Å². The first-order chi connectivity index (χ1) is 9.72. The lowest BCUT2D eigenvalue weighted by Gasteiger charge is -2.15. The van der Waals surface area contributed by atoms with E-state index < -0.39 is 0 Å². The summed E-state index contributed by atoms with van der Waals surface area (Å²) in [6, 6.07) is 0. The Hall–Kier alpha value is 0. The van der Waals surface area contributed by atoms with Crippen LogP contribution in [0.1, 0.15) is 125 Å². The molecule has 0 aromatic heterocycles. The third-order valence-electron chi connectivity index (χ3n) is 4.06. The Kier molecular flexibility index (Phi) is 23.7. The summed E-state index contributed by atoms with van der Waals surface area (Å²) in [5.74, 6) is 1.04. The van der Waals surface area contributed by atoms with Crippen LogP contribution in [0, 0.1) is 5.92 Å². The molecule has 0 aliphatic heterocycles. The van der Waals surface area contributed by atoms with Gasteiger partial charge in [-0.2, -0.15) is 0 Å². The van der Waals surface area contributed by atoms with E-state index in [1.165, 1.54) is 89.9 Å². The van der Waals surface area contributed by atoms with Crippen LogP contribution in [0.15, 0.2) is 0 Å². The number of hydrogen-bond acceptors (Lipinski definition) is 0. The minimum atomic E-state index is 1.04. The van der Waals surface area contributed by atoms with Gasteiger partial charge in [-0.15, -0.1) is 0 Å². The van der Waals surface area contributed by atoms with E-state index in [0.29, 0.717) is 0 Å². The molecular formula is C20H44. The Morgan fingerprint density at radius 1 is 0.550 bits per heavy atom. The zero-order valence-corrected chi connectivity index (χ0v) is 15.5. The second-order valence-electron chi connectivity index (χ2n) is 6.51. The maximum Gasteiger partial charge on any atom is -0.0443 e. The molecule has 0 unspecified atom stereocenters. The Morgan fingerprint density at radius 3 is 1.15 bits per heavy atom. The second kappa shape index (κ2) is 21.3. The van der Waals surface area contributed by atoms with Gasteiger partial charge in [-0.25, -0.2) is 0 Å². The number of unbranched alkanes of at least 4 members (excludes halogenated alkanes) is 7. The summed E-state index contributed by atoms with van der Waals surface area (Å²) in [4.78, 5) is 0. The van der Waals surface area contributed by atoms with Gasteiger partial charge >= 0.3 is 0 Å². The Bertz CT molecular complexity index is 125. The van der Waals surface area contributed by atoms with E-state index in [4.69, 9.17) is 0 Å². The highest BCUT2D eigenvalue weighted by atomic mass is 14.1. The lowest BCUT2D eigenvalue weighted by molar-refractivity contribution is 0.385. The highest BCUT2D eigenvalue weighted by Crippen LogP contribution is 2.22. The topological polar surface area (TPSA) is 0 Å². The van der Waals surface area contributed by atoms with Crippen LogP contribution in [-0.2, 0) is 0 Å². The molecule has 0 spiro atoms. The van der Waals surface area contributed by atoms with Crippen molar-refractivity contribution in [3.8, 4) is 0 Å². The third-order valence-corrected chi connectivity index (χ3v) is 4.06. The van der Waals surface area contributed by atoms with Crippen LogP contribution in [0.2, 0.25) is 0 Å². The van der Waals surface area contributed by atoms with E-state index in [9.17, 15) is 0 Å². The molecule has 0 radical (unpaired) electrons. The fourth-order valence-corrected chi connectivity index (χ4v) is 2.48. The molecule has 1 saturated carbocycles. The van der Waals surface area contributed by atoms with Gasteiger partial charge in [0, 0.05) is 0 Å². The van der Waals surface area contributed by atoms with E-state index in [0.717, 1.165) is 5.92 Å². The fraction of sp³-hybridized carbons (Fsp3) is 1.00. The standard InChI is InChI=1S/C7H14.C7H16.C6H14/c1-7-5-3-2-4-6-7;1-3-5-7-6-4-2;1-3-5-6-4-2/h7H,2-6H2,1H3;3-7H2,1-2H3;3-6H2,1-2H3. The van der Waals surface area contributed by atoms with Gasteiger partial charge in [0.25, 0.3) is 0 Å². The molecule has 0 nitrogen and oxygen atoms in total. The molecule has 20 heavy (non-hydrogen) atoms. The van der Waals surface area contributed by atoms with E-state index in [-0.39, 0.29) is 0 Å². The van der Waals surface area contributed by atoms with Crippen LogP contribution in [0.4, 0.5) is 0 Å². The Morgan fingerprint density at radius 2 is 0.900 bits per heavy atom. The first-order valence-corrected chi connectivity index (χ1v) is 9.72. The van der Waals surface area contributed by atoms with E-state index in [2.05, 4.69) is 34.6 Å². The minimum Gasteiger partial charge on any atom is -0.0654 e. The SMILES string of the molecule is CC1CCCCC1.CCCCCC.CCCCCCC. The van der Waals surface area contributed by atoms with E-state index in [1.807, 2.05) is 0 Å². The largest absolute Gasteiger partial charge is 0.0654 e. The average Bonchev–Trinajstić information content (AvgIpc) is 2.48. The van der Waals surface area contributed by atoms with Gasteiger partial charge < -0.3 is 0 Å². The molecule has 0 N–H and O–H groups in total. The predicted molar refractivity (Wildman–Crippen MR) is 96.5 cm³/mol. The third kappa shape index (κ3) is 23.1. The number of hydrogen-bond donors (Lipinski definition) is 0. The summed E-state index contributed by atoms with van der Waals surface area (Å²) in [5.41, 5.74) is 0. The first kappa shape index (κ1) is 22.3. The first-order valence-electron chi connectivity index (χ1n) is 9.72. The quantitative estimate of drug-likeness (QED) is 0.414. The van der Waals surface area contributed by atoms with Crippen LogP contribution in [-0.4, -0.2) is 0 Å². The monoisotopic (exact) mass is 284 g/mol. The summed E-state index contributed by atoms with van der Waals surface area (Å²) < 4.78 is 0. The minimum absolute atomic E-state index is 1.04. The van der Waals surface area contributed by atoms with Gasteiger partial charge in [0.05, 0.1) is 0 Å². The van der Waals surface area contributed by atoms with Gasteiger partial charge in [-0.05, 0) is 5.92 Å². The zero-order valence-electron chi connectivity index (χ0n) is 15.5. The van der Waals surface area contributed by atoms with Crippen LogP contribution >= 0.6 is 0 Å². The lowest BCUT2D eigenvalue weighted by Crippen LogP contribution is -1.99. The fourth-order valence-electron chi connectivity index (χ4n) is 2.48. The molecule has 0 heteroatoms. The summed E-state index contributed by atoms with van der Waals surface area (Å²) in [5, 5.41) is 0. The zero-order chi connectivity index (χ0) is 15.5. The molecule has 1 aliphatic carbocycles. The van der Waals surface area contributed by atoms with Crippen molar-refractivity contribution in [1.82, 2.24) is 0 Å². The van der Waals surface area contributed by atoms with Crippen molar-refractivity contribution in [3.05, 3.63) is 0 Å². The smallest absolute Gasteiger partial charge is 0.0443 e. The molecule has 1 fully saturated rings. The van der Waals surface area contributed by atoms with Gasteiger partial charge in [-0.1, -0.05) is 125 Å². The summed E-state index contributed by atoms with van der Waals surface area (Å²) >= 11 is 0. The Labute approximate surface area is 131 Å². The van der Waals surface area contributed by atoms with Crippen LogP contribution in [0.5, 0.6) is 0 Å². The number of rotatable bonds is 7. The molecule has 0 aromatic rings. The molecule has 0 bridgehead atoms. The van der Waals surface area contributed by atoms with Gasteiger partial charge in [0.2, 0.25) is 0 Å². The van der Waals surface area contributed by atoms with Crippen molar-refractivity contribution >= 4 is 0 Å². The molecule has 1 rings (SSSR count). The van der Waals surface area contributed by atoms with Crippen molar-refractivity contribution in [2.45, 2.75) is 125 Å². The van der Waals surface area contributed by atoms with E-state index >= 15 is 0 Å². The highest BCUT2D eigenvalue weighted by Gasteiger charge is 2.05. The van der Waals surface area contributed by atoms with Crippen molar-refractivity contribution < 1.29 is 0 Å². The summed E-state index contributed by atoms with van der Waals surface area (Å²) in [6.07, 6.45) is 20.0. The molecule has 0 aromatic carbocycles. The molecule has 0 amide bonds. The maximum atomic E-state index is 2.36. The van der Waals surface area contributed by atoms with Crippen molar-refractivity contribution in [2.24, 2.45) is 5.92 Å². The summed E-state index contributed by atoms with van der Waals surface area (Å²) in [7, 11) is 0. The highest BCUT2D eigenvalue weighted by molar-refractivity contribution is 4.59. The van der Waals surface area contributed by atoms with E-state index in [1.54, 1.807) is 0 Å². The summed E-state index contributed by atoms with van der Waals surface area (Å²) in [6.45, 7) is 11.3. The molecule has 0 atom stereocenters. The van der Waals surface area contributed by atoms with Crippen LogP contribution < -0.4 is 0 Å². The maximum absolute atomic E-state index is 2.36. The predicted octanol–water partition coefficient (Wildman–Crippen LogP) is 8.15. The van der Waals surface area contributed by atoms with Gasteiger partial charge in [0.1, 0.15) is 0 Å². The van der Waals surface area contributed by atoms with Crippen LogP contribution in [0.3, 0.4) is 0 Å². The molecular weight excluding hydrogens is 240 g/mol. The van der Waals surface area contributed by atoms with Crippen molar-refractivity contribution in [3.63, 3.8) is 0 Å². The van der Waals surface area contributed by atoms with Gasteiger partial charge in [-0.3, -0.25) is 0 Å². The van der Waals surface area contributed by atoms with Crippen molar-refractivity contribution in [2.75, 3.05) is 0 Å². The van der Waals surface area contributed by atoms with Gasteiger partial charge in [0.15, 0.2) is 0 Å². The second-order valence-corrected chi connectivity index (χ2v) is 6.51. The lowest BCUT2D eigenvalue weighted by atomic mass is 9.91.